The second-order valence-corrected chi connectivity index (χ2v) is 7.68. The summed E-state index contributed by atoms with van der Waals surface area (Å²) in [5, 5.41) is 0. The Morgan fingerprint density at radius 1 is 0.917 bits per heavy atom. The van der Waals surface area contributed by atoms with E-state index in [-0.39, 0.29) is 18.6 Å². The molecule has 0 aromatic heterocycles. The quantitative estimate of drug-likeness (QED) is 0.371. The van der Waals surface area contributed by atoms with E-state index in [4.69, 9.17) is 14.2 Å². The monoisotopic (exact) mass is 344 g/mol. The van der Waals surface area contributed by atoms with E-state index in [1.807, 2.05) is 0 Å². The first-order valence-electron chi connectivity index (χ1n) is 9.13. The van der Waals surface area contributed by atoms with Gasteiger partial charge in [0.15, 0.2) is 0 Å². The van der Waals surface area contributed by atoms with Crippen molar-refractivity contribution in [2.45, 2.75) is 73.1 Å². The maximum Gasteiger partial charge on any atom is 0.332 e. The second kappa shape index (κ2) is 13.2. The maximum absolute atomic E-state index is 11.6. The molecule has 5 heteroatoms. The largest absolute Gasteiger partial charge is 0.464 e. The molecule has 0 aliphatic carbocycles. The third-order valence-corrected chi connectivity index (χ3v) is 3.44. The van der Waals surface area contributed by atoms with Crippen molar-refractivity contribution in [2.75, 3.05) is 26.4 Å². The fourth-order valence-corrected chi connectivity index (χ4v) is 2.53. The number of carbonyl (C=O) groups excluding carboxylic acids is 2. The van der Waals surface area contributed by atoms with Crippen molar-refractivity contribution >= 4 is 11.9 Å². The number of rotatable bonds is 13. The van der Waals surface area contributed by atoms with Gasteiger partial charge in [0, 0.05) is 0 Å². The van der Waals surface area contributed by atoms with Crippen LogP contribution in [-0.2, 0) is 23.8 Å². The highest BCUT2D eigenvalue weighted by Crippen LogP contribution is 2.24. The van der Waals surface area contributed by atoms with Gasteiger partial charge in [-0.2, -0.15) is 0 Å². The Balaban J connectivity index is 3.58. The van der Waals surface area contributed by atoms with E-state index in [1.165, 1.54) is 19.3 Å². The summed E-state index contributed by atoms with van der Waals surface area (Å²) in [6.07, 6.45) is 6.50. The molecule has 0 aromatic rings. The van der Waals surface area contributed by atoms with E-state index in [0.717, 1.165) is 19.3 Å². The van der Waals surface area contributed by atoms with Crippen molar-refractivity contribution in [1.82, 2.24) is 0 Å². The zero-order valence-corrected chi connectivity index (χ0v) is 16.2. The van der Waals surface area contributed by atoms with Gasteiger partial charge < -0.3 is 14.2 Å². The van der Waals surface area contributed by atoms with E-state index in [9.17, 15) is 9.59 Å². The molecule has 0 radical (unpaired) electrons. The maximum atomic E-state index is 11.6. The van der Waals surface area contributed by atoms with Crippen molar-refractivity contribution < 1.29 is 23.8 Å². The van der Waals surface area contributed by atoms with Gasteiger partial charge in [-0.15, -0.1) is 0 Å². The number of hydrogen-bond acceptors (Lipinski definition) is 5. The molecule has 0 aromatic carbocycles. The van der Waals surface area contributed by atoms with Gasteiger partial charge in [-0.05, 0) is 24.2 Å². The zero-order valence-electron chi connectivity index (χ0n) is 16.2. The van der Waals surface area contributed by atoms with Crippen LogP contribution in [0.3, 0.4) is 0 Å². The first-order valence-corrected chi connectivity index (χ1v) is 9.13. The van der Waals surface area contributed by atoms with Gasteiger partial charge in [0.05, 0.1) is 13.2 Å². The molecule has 5 nitrogen and oxygen atoms in total. The molecule has 1 atom stereocenters. The molecule has 0 aliphatic rings. The minimum atomic E-state index is -0.442. The Morgan fingerprint density at radius 2 is 1.50 bits per heavy atom. The van der Waals surface area contributed by atoms with Crippen LogP contribution < -0.4 is 0 Å². The molecule has 142 valence electrons. The lowest BCUT2D eigenvalue weighted by Gasteiger charge is -2.22. The van der Waals surface area contributed by atoms with Crippen LogP contribution in [0.2, 0.25) is 0 Å². The van der Waals surface area contributed by atoms with Crippen LogP contribution in [0.25, 0.3) is 0 Å². The van der Waals surface area contributed by atoms with Crippen LogP contribution in [0.4, 0.5) is 0 Å². The van der Waals surface area contributed by atoms with Gasteiger partial charge in [0.1, 0.15) is 13.2 Å². The Hall–Kier alpha value is -1.10. The Kier molecular flexibility index (Phi) is 12.6. The van der Waals surface area contributed by atoms with Gasteiger partial charge >= 0.3 is 11.9 Å². The summed E-state index contributed by atoms with van der Waals surface area (Å²) in [6.45, 7) is 11.1. The van der Waals surface area contributed by atoms with Crippen LogP contribution in [0.5, 0.6) is 0 Å². The van der Waals surface area contributed by atoms with Gasteiger partial charge in [0.25, 0.3) is 0 Å². The standard InChI is InChI=1S/C19H36O5/c1-6-7-8-9-10-11-23-17(20)14-22-15-18(21)24-13-16(2)12-19(3,4)5/h16H,6-15H2,1-5H3. The highest BCUT2D eigenvalue weighted by atomic mass is 16.6. The van der Waals surface area contributed by atoms with Gasteiger partial charge in [0.2, 0.25) is 0 Å². The van der Waals surface area contributed by atoms with E-state index in [2.05, 4.69) is 34.6 Å². The molecule has 0 amide bonds. The van der Waals surface area contributed by atoms with Crippen molar-refractivity contribution in [1.29, 1.82) is 0 Å². The molecule has 0 spiro atoms. The molecule has 0 N–H and O–H groups in total. The average Bonchev–Trinajstić information content (AvgIpc) is 2.47. The van der Waals surface area contributed by atoms with Crippen LogP contribution in [-0.4, -0.2) is 38.4 Å². The minimum Gasteiger partial charge on any atom is -0.464 e. The molecule has 0 bridgehead atoms. The van der Waals surface area contributed by atoms with Crippen molar-refractivity contribution in [3.8, 4) is 0 Å². The van der Waals surface area contributed by atoms with Crippen molar-refractivity contribution in [3.05, 3.63) is 0 Å². The lowest BCUT2D eigenvalue weighted by atomic mass is 9.86. The molecular formula is C19H36O5. The average molecular weight is 344 g/mol. The summed E-state index contributed by atoms with van der Waals surface area (Å²) >= 11 is 0. The highest BCUT2D eigenvalue weighted by Gasteiger charge is 2.16. The summed E-state index contributed by atoms with van der Waals surface area (Å²) in [6, 6.07) is 0. The van der Waals surface area contributed by atoms with Gasteiger partial charge in [-0.3, -0.25) is 0 Å². The number of carbonyl (C=O) groups is 2. The molecule has 0 aliphatic heterocycles. The topological polar surface area (TPSA) is 61.8 Å². The fourth-order valence-electron chi connectivity index (χ4n) is 2.53. The molecular weight excluding hydrogens is 308 g/mol. The van der Waals surface area contributed by atoms with Gasteiger partial charge in [-0.1, -0.05) is 60.3 Å². The molecule has 0 saturated heterocycles. The van der Waals surface area contributed by atoms with Crippen LogP contribution in [0.15, 0.2) is 0 Å². The van der Waals surface area contributed by atoms with E-state index >= 15 is 0 Å². The third-order valence-electron chi connectivity index (χ3n) is 3.44. The SMILES string of the molecule is CCCCCCCOC(=O)COCC(=O)OCC(C)CC(C)(C)C. The zero-order chi connectivity index (χ0) is 18.4. The predicted molar refractivity (Wildman–Crippen MR) is 94.7 cm³/mol. The predicted octanol–water partition coefficient (Wildman–Crippen LogP) is 4.13. The lowest BCUT2D eigenvalue weighted by Crippen LogP contribution is -2.22. The summed E-state index contributed by atoms with van der Waals surface area (Å²) < 4.78 is 15.2. The molecule has 0 rings (SSSR count). The Morgan fingerprint density at radius 3 is 2.08 bits per heavy atom. The Bertz CT molecular complexity index is 346. The number of esters is 2. The first-order chi connectivity index (χ1) is 11.2. The van der Waals surface area contributed by atoms with Crippen LogP contribution in [0.1, 0.15) is 73.1 Å². The summed E-state index contributed by atoms with van der Waals surface area (Å²) in [4.78, 5) is 23.0. The molecule has 0 fully saturated rings. The molecule has 1 unspecified atom stereocenters. The van der Waals surface area contributed by atoms with Crippen molar-refractivity contribution in [3.63, 3.8) is 0 Å². The minimum absolute atomic E-state index is 0.207. The van der Waals surface area contributed by atoms with E-state index < -0.39 is 11.9 Å². The van der Waals surface area contributed by atoms with E-state index in [0.29, 0.717) is 19.1 Å². The van der Waals surface area contributed by atoms with E-state index in [1.54, 1.807) is 0 Å². The van der Waals surface area contributed by atoms with Crippen LogP contribution in [0, 0.1) is 11.3 Å². The second-order valence-electron chi connectivity index (χ2n) is 7.68. The fraction of sp³-hybridized carbons (Fsp3) is 0.895. The van der Waals surface area contributed by atoms with Crippen LogP contribution >= 0.6 is 0 Å². The summed E-state index contributed by atoms with van der Waals surface area (Å²) in [5.41, 5.74) is 0.211. The summed E-state index contributed by atoms with van der Waals surface area (Å²) in [7, 11) is 0. The molecule has 0 saturated carbocycles. The third kappa shape index (κ3) is 15.8. The number of ether oxygens (including phenoxy) is 3. The first kappa shape index (κ1) is 22.9. The summed E-state index contributed by atoms with van der Waals surface area (Å²) in [5.74, 6) is -0.575. The highest BCUT2D eigenvalue weighted by molar-refractivity contribution is 5.73. The normalized spacial score (nSPS) is 12.7. The van der Waals surface area contributed by atoms with Crippen molar-refractivity contribution in [2.24, 2.45) is 11.3 Å². The Labute approximate surface area is 147 Å². The number of unbranched alkanes of at least 4 members (excludes halogenated alkanes) is 4. The lowest BCUT2D eigenvalue weighted by molar-refractivity contribution is -0.156. The number of hydrogen-bond donors (Lipinski definition) is 0. The molecule has 0 heterocycles. The smallest absolute Gasteiger partial charge is 0.332 e. The van der Waals surface area contributed by atoms with Gasteiger partial charge in [-0.25, -0.2) is 9.59 Å². The molecule has 24 heavy (non-hydrogen) atoms.